The standard InChI is InChI=1S/C16H29NO2/c18-13-16(17-12-14-4-3-11-19-14)9-7-15(8-10-16)5-1-2-6-15/h14,17-18H,1-13H2. The maximum atomic E-state index is 9.84. The Balaban J connectivity index is 1.52. The molecule has 0 amide bonds. The van der Waals surface area contributed by atoms with Gasteiger partial charge in [0.2, 0.25) is 0 Å². The second-order valence-electron chi connectivity index (χ2n) is 7.16. The summed E-state index contributed by atoms with van der Waals surface area (Å²) < 4.78 is 5.68. The lowest BCUT2D eigenvalue weighted by molar-refractivity contribution is 0.0441. The summed E-state index contributed by atoms with van der Waals surface area (Å²) in [5.41, 5.74) is 0.629. The van der Waals surface area contributed by atoms with Gasteiger partial charge in [0, 0.05) is 18.7 Å². The predicted octanol–water partition coefficient (Wildman–Crippen LogP) is 2.62. The fraction of sp³-hybridized carbons (Fsp3) is 1.00. The van der Waals surface area contributed by atoms with Gasteiger partial charge in [-0.15, -0.1) is 0 Å². The summed E-state index contributed by atoms with van der Waals surface area (Å²) in [7, 11) is 0. The van der Waals surface area contributed by atoms with Crippen LogP contribution < -0.4 is 5.32 Å². The van der Waals surface area contributed by atoms with E-state index in [1.54, 1.807) is 0 Å². The topological polar surface area (TPSA) is 41.5 Å². The Morgan fingerprint density at radius 1 is 1.00 bits per heavy atom. The number of rotatable bonds is 4. The first-order valence-corrected chi connectivity index (χ1v) is 8.24. The molecule has 19 heavy (non-hydrogen) atoms. The molecule has 0 radical (unpaired) electrons. The monoisotopic (exact) mass is 267 g/mol. The number of aliphatic hydroxyl groups excluding tert-OH is 1. The molecule has 3 aliphatic rings. The molecule has 0 aromatic rings. The molecule has 0 aromatic heterocycles. The molecule has 1 atom stereocenters. The van der Waals surface area contributed by atoms with Crippen LogP contribution in [0.4, 0.5) is 0 Å². The van der Waals surface area contributed by atoms with Crippen molar-refractivity contribution in [3.8, 4) is 0 Å². The number of hydrogen-bond acceptors (Lipinski definition) is 3. The van der Waals surface area contributed by atoms with Crippen molar-refractivity contribution >= 4 is 0 Å². The Kier molecular flexibility index (Phi) is 4.16. The van der Waals surface area contributed by atoms with Crippen LogP contribution in [0.5, 0.6) is 0 Å². The molecule has 3 rings (SSSR count). The minimum absolute atomic E-state index is 0.0141. The van der Waals surface area contributed by atoms with Crippen molar-refractivity contribution < 1.29 is 9.84 Å². The Hall–Kier alpha value is -0.120. The van der Waals surface area contributed by atoms with Crippen molar-refractivity contribution in [3.63, 3.8) is 0 Å². The normalized spacial score (nSPS) is 33.0. The number of aliphatic hydroxyl groups is 1. The molecule has 0 aromatic carbocycles. The van der Waals surface area contributed by atoms with Gasteiger partial charge < -0.3 is 15.2 Å². The van der Waals surface area contributed by atoms with Gasteiger partial charge >= 0.3 is 0 Å². The van der Waals surface area contributed by atoms with E-state index < -0.39 is 0 Å². The summed E-state index contributed by atoms with van der Waals surface area (Å²) in [5, 5.41) is 13.5. The third-order valence-corrected chi connectivity index (χ3v) is 5.96. The van der Waals surface area contributed by atoms with E-state index in [1.165, 1.54) is 51.4 Å². The van der Waals surface area contributed by atoms with Gasteiger partial charge in [-0.25, -0.2) is 0 Å². The van der Waals surface area contributed by atoms with Crippen LogP contribution in [0.15, 0.2) is 0 Å². The van der Waals surface area contributed by atoms with Crippen LogP contribution in [-0.4, -0.2) is 36.5 Å². The first kappa shape index (κ1) is 13.8. The number of ether oxygens (including phenoxy) is 1. The summed E-state index contributed by atoms with van der Waals surface area (Å²) in [4.78, 5) is 0. The van der Waals surface area contributed by atoms with Gasteiger partial charge in [0.05, 0.1) is 12.7 Å². The van der Waals surface area contributed by atoms with Crippen LogP contribution in [0.1, 0.15) is 64.2 Å². The maximum absolute atomic E-state index is 9.84. The van der Waals surface area contributed by atoms with E-state index >= 15 is 0 Å². The second kappa shape index (κ2) is 5.71. The lowest BCUT2D eigenvalue weighted by Crippen LogP contribution is -2.54. The van der Waals surface area contributed by atoms with Gasteiger partial charge in [-0.05, 0) is 56.8 Å². The molecule has 3 fully saturated rings. The first-order valence-electron chi connectivity index (χ1n) is 8.24. The Bertz CT molecular complexity index is 278. The van der Waals surface area contributed by atoms with Crippen molar-refractivity contribution in [1.82, 2.24) is 5.32 Å². The summed E-state index contributed by atoms with van der Waals surface area (Å²) in [6, 6.07) is 0. The third kappa shape index (κ3) is 2.98. The van der Waals surface area contributed by atoms with Crippen LogP contribution in [0.2, 0.25) is 0 Å². The van der Waals surface area contributed by atoms with Gasteiger partial charge in [0.1, 0.15) is 0 Å². The summed E-state index contributed by atoms with van der Waals surface area (Å²) in [6.45, 7) is 2.13. The van der Waals surface area contributed by atoms with Crippen LogP contribution in [0.25, 0.3) is 0 Å². The minimum Gasteiger partial charge on any atom is -0.394 e. The Morgan fingerprint density at radius 2 is 1.74 bits per heavy atom. The van der Waals surface area contributed by atoms with E-state index in [9.17, 15) is 5.11 Å². The zero-order valence-corrected chi connectivity index (χ0v) is 12.1. The van der Waals surface area contributed by atoms with Gasteiger partial charge in [-0.2, -0.15) is 0 Å². The highest BCUT2D eigenvalue weighted by Crippen LogP contribution is 2.51. The molecular weight excluding hydrogens is 238 g/mol. The molecule has 3 nitrogen and oxygen atoms in total. The van der Waals surface area contributed by atoms with Crippen molar-refractivity contribution in [1.29, 1.82) is 0 Å². The quantitative estimate of drug-likeness (QED) is 0.823. The van der Waals surface area contributed by atoms with E-state index in [4.69, 9.17) is 4.74 Å². The average molecular weight is 267 g/mol. The molecule has 2 N–H and O–H groups in total. The zero-order valence-electron chi connectivity index (χ0n) is 12.1. The maximum Gasteiger partial charge on any atom is 0.0700 e. The molecule has 1 unspecified atom stereocenters. The van der Waals surface area contributed by atoms with Gasteiger partial charge in [-0.1, -0.05) is 12.8 Å². The fourth-order valence-corrected chi connectivity index (χ4v) is 4.41. The molecule has 3 heteroatoms. The van der Waals surface area contributed by atoms with Gasteiger partial charge in [0.25, 0.3) is 0 Å². The lowest BCUT2D eigenvalue weighted by Gasteiger charge is -2.45. The molecule has 2 saturated carbocycles. The molecule has 0 bridgehead atoms. The SMILES string of the molecule is OCC1(NCC2CCCO2)CCC2(CCCC2)CC1. The van der Waals surface area contributed by atoms with Crippen molar-refractivity contribution in [2.75, 3.05) is 19.8 Å². The van der Waals surface area contributed by atoms with Crippen molar-refractivity contribution in [2.45, 2.75) is 75.9 Å². The highest BCUT2D eigenvalue weighted by Gasteiger charge is 2.43. The van der Waals surface area contributed by atoms with Crippen molar-refractivity contribution in [3.05, 3.63) is 0 Å². The summed E-state index contributed by atoms with van der Waals surface area (Å²) in [6.07, 6.45) is 13.4. The Morgan fingerprint density at radius 3 is 2.32 bits per heavy atom. The number of nitrogens with one attached hydrogen (secondary N) is 1. The van der Waals surface area contributed by atoms with E-state index in [2.05, 4.69) is 5.32 Å². The van der Waals surface area contributed by atoms with E-state index in [0.717, 1.165) is 26.0 Å². The number of hydrogen-bond donors (Lipinski definition) is 2. The van der Waals surface area contributed by atoms with Crippen LogP contribution >= 0.6 is 0 Å². The third-order valence-electron chi connectivity index (χ3n) is 5.96. The molecule has 1 aliphatic heterocycles. The predicted molar refractivity (Wildman–Crippen MR) is 76.2 cm³/mol. The van der Waals surface area contributed by atoms with Crippen LogP contribution in [0.3, 0.4) is 0 Å². The minimum atomic E-state index is -0.0141. The van der Waals surface area contributed by atoms with Crippen LogP contribution in [0, 0.1) is 5.41 Å². The van der Waals surface area contributed by atoms with Gasteiger partial charge in [-0.3, -0.25) is 0 Å². The lowest BCUT2D eigenvalue weighted by atomic mass is 9.66. The summed E-state index contributed by atoms with van der Waals surface area (Å²) >= 11 is 0. The highest BCUT2D eigenvalue weighted by atomic mass is 16.5. The summed E-state index contributed by atoms with van der Waals surface area (Å²) in [5.74, 6) is 0. The zero-order chi connectivity index (χ0) is 13.2. The fourth-order valence-electron chi connectivity index (χ4n) is 4.41. The van der Waals surface area contributed by atoms with Crippen molar-refractivity contribution in [2.24, 2.45) is 5.41 Å². The molecule has 1 saturated heterocycles. The molecule has 1 spiro atoms. The average Bonchev–Trinajstić information content (AvgIpc) is 3.11. The first-order chi connectivity index (χ1) is 9.26. The Labute approximate surface area is 117 Å². The van der Waals surface area contributed by atoms with E-state index in [-0.39, 0.29) is 12.1 Å². The van der Waals surface area contributed by atoms with E-state index in [0.29, 0.717) is 11.5 Å². The van der Waals surface area contributed by atoms with E-state index in [1.807, 2.05) is 0 Å². The molecular formula is C16H29NO2. The van der Waals surface area contributed by atoms with Crippen LogP contribution in [-0.2, 0) is 4.74 Å². The highest BCUT2D eigenvalue weighted by molar-refractivity contribution is 4.99. The molecule has 1 heterocycles. The molecule has 110 valence electrons. The smallest absolute Gasteiger partial charge is 0.0700 e. The second-order valence-corrected chi connectivity index (χ2v) is 7.16. The largest absolute Gasteiger partial charge is 0.394 e. The molecule has 2 aliphatic carbocycles. The van der Waals surface area contributed by atoms with Gasteiger partial charge in [0.15, 0.2) is 0 Å².